The van der Waals surface area contributed by atoms with Gasteiger partial charge in [0.1, 0.15) is 11.8 Å². The molecule has 4 heteroatoms. The van der Waals surface area contributed by atoms with Crippen molar-refractivity contribution in [2.45, 2.75) is 44.7 Å². The van der Waals surface area contributed by atoms with Crippen molar-refractivity contribution in [3.63, 3.8) is 0 Å². The van der Waals surface area contributed by atoms with Crippen LogP contribution in [0.2, 0.25) is 0 Å². The zero-order chi connectivity index (χ0) is 14.7. The Balaban J connectivity index is 2.11. The quantitative estimate of drug-likeness (QED) is 0.899. The number of benzene rings is 1. The third-order valence-corrected chi connectivity index (χ3v) is 4.28. The van der Waals surface area contributed by atoms with Crippen LogP contribution in [-0.2, 0) is 4.79 Å². The maximum atomic E-state index is 11.3. The van der Waals surface area contributed by atoms with Gasteiger partial charge in [-0.2, -0.15) is 0 Å². The molecule has 0 bridgehead atoms. The standard InChI is InChI=1S/C16H23NO3/c1-4-15(16(18)19)17-10-13(9-11(17)2)12-5-7-14(20-3)8-6-12/h5-8,11,13,15H,4,9-10H2,1-3H3,(H,18,19)/t11-,13-,15-/m1/s1. The van der Waals surface area contributed by atoms with Crippen molar-refractivity contribution in [2.75, 3.05) is 13.7 Å². The minimum atomic E-state index is -0.713. The summed E-state index contributed by atoms with van der Waals surface area (Å²) in [7, 11) is 1.66. The average molecular weight is 277 g/mol. The Morgan fingerprint density at radius 3 is 2.60 bits per heavy atom. The molecule has 0 unspecified atom stereocenters. The number of carbonyl (C=O) groups is 1. The second-order valence-electron chi connectivity index (χ2n) is 5.51. The van der Waals surface area contributed by atoms with Gasteiger partial charge in [0.05, 0.1) is 7.11 Å². The van der Waals surface area contributed by atoms with Gasteiger partial charge in [-0.3, -0.25) is 9.69 Å². The fourth-order valence-corrected chi connectivity index (χ4v) is 3.16. The molecule has 1 aliphatic rings. The van der Waals surface area contributed by atoms with Crippen molar-refractivity contribution in [1.29, 1.82) is 0 Å². The lowest BCUT2D eigenvalue weighted by Crippen LogP contribution is -2.42. The molecule has 1 aromatic carbocycles. The second kappa shape index (κ2) is 6.27. The molecule has 20 heavy (non-hydrogen) atoms. The predicted octanol–water partition coefficient (Wildman–Crippen LogP) is 2.74. The van der Waals surface area contributed by atoms with E-state index in [1.165, 1.54) is 5.56 Å². The van der Waals surface area contributed by atoms with Crippen LogP contribution in [0.15, 0.2) is 24.3 Å². The van der Waals surface area contributed by atoms with Gasteiger partial charge in [0.25, 0.3) is 0 Å². The average Bonchev–Trinajstić information content (AvgIpc) is 2.81. The number of carboxylic acid groups (broad SMARTS) is 1. The normalized spacial score (nSPS) is 24.6. The van der Waals surface area contributed by atoms with Crippen molar-refractivity contribution in [3.05, 3.63) is 29.8 Å². The first-order chi connectivity index (χ1) is 9.56. The third-order valence-electron chi connectivity index (χ3n) is 4.28. The van der Waals surface area contributed by atoms with E-state index in [9.17, 15) is 9.90 Å². The predicted molar refractivity (Wildman–Crippen MR) is 78.2 cm³/mol. The third kappa shape index (κ3) is 2.96. The lowest BCUT2D eigenvalue weighted by molar-refractivity contribution is -0.143. The molecule has 1 heterocycles. The molecular weight excluding hydrogens is 254 g/mol. The molecule has 4 nitrogen and oxygen atoms in total. The molecule has 2 rings (SSSR count). The first-order valence-corrected chi connectivity index (χ1v) is 7.19. The lowest BCUT2D eigenvalue weighted by Gasteiger charge is -2.27. The molecule has 1 fully saturated rings. The minimum absolute atomic E-state index is 0.308. The topological polar surface area (TPSA) is 49.8 Å². The smallest absolute Gasteiger partial charge is 0.320 e. The van der Waals surface area contributed by atoms with E-state index in [1.54, 1.807) is 7.11 Å². The van der Waals surface area contributed by atoms with E-state index in [0.29, 0.717) is 18.4 Å². The molecule has 0 amide bonds. The Morgan fingerprint density at radius 2 is 2.10 bits per heavy atom. The van der Waals surface area contributed by atoms with Crippen LogP contribution in [0, 0.1) is 0 Å². The number of hydrogen-bond donors (Lipinski definition) is 1. The molecule has 0 spiro atoms. The monoisotopic (exact) mass is 277 g/mol. The van der Waals surface area contributed by atoms with Crippen molar-refractivity contribution in [3.8, 4) is 5.75 Å². The zero-order valence-electron chi connectivity index (χ0n) is 12.4. The van der Waals surface area contributed by atoms with E-state index in [4.69, 9.17) is 4.74 Å². The van der Waals surface area contributed by atoms with Gasteiger partial charge < -0.3 is 9.84 Å². The highest BCUT2D eigenvalue weighted by molar-refractivity contribution is 5.73. The number of hydrogen-bond acceptors (Lipinski definition) is 3. The molecular formula is C16H23NO3. The molecule has 110 valence electrons. The van der Waals surface area contributed by atoms with Crippen LogP contribution in [0.3, 0.4) is 0 Å². The van der Waals surface area contributed by atoms with E-state index in [-0.39, 0.29) is 6.04 Å². The Bertz CT molecular complexity index is 457. The van der Waals surface area contributed by atoms with E-state index in [1.807, 2.05) is 19.1 Å². The molecule has 1 aromatic rings. The van der Waals surface area contributed by atoms with Crippen molar-refractivity contribution in [1.82, 2.24) is 4.90 Å². The van der Waals surface area contributed by atoms with Gasteiger partial charge in [0, 0.05) is 12.6 Å². The Labute approximate surface area is 120 Å². The number of carboxylic acids is 1. The maximum Gasteiger partial charge on any atom is 0.320 e. The summed E-state index contributed by atoms with van der Waals surface area (Å²) in [5, 5.41) is 9.32. The maximum absolute atomic E-state index is 11.3. The molecule has 1 saturated heterocycles. The van der Waals surface area contributed by atoms with Crippen LogP contribution in [0.4, 0.5) is 0 Å². The summed E-state index contributed by atoms with van der Waals surface area (Å²) in [5.41, 5.74) is 1.26. The van der Waals surface area contributed by atoms with Gasteiger partial charge in [-0.1, -0.05) is 19.1 Å². The summed E-state index contributed by atoms with van der Waals surface area (Å²) in [6, 6.07) is 8.05. The number of rotatable bonds is 5. The summed E-state index contributed by atoms with van der Waals surface area (Å²) in [5.74, 6) is 0.549. The fraction of sp³-hybridized carbons (Fsp3) is 0.562. The molecule has 1 aliphatic heterocycles. The number of nitrogens with zero attached hydrogens (tertiary/aromatic N) is 1. The largest absolute Gasteiger partial charge is 0.497 e. The van der Waals surface area contributed by atoms with Crippen LogP contribution in [0.1, 0.15) is 38.2 Å². The van der Waals surface area contributed by atoms with Crippen LogP contribution >= 0.6 is 0 Å². The SMILES string of the molecule is CC[C@H](C(=O)O)N1C[C@H](c2ccc(OC)cc2)C[C@H]1C. The van der Waals surface area contributed by atoms with E-state index in [0.717, 1.165) is 18.7 Å². The van der Waals surface area contributed by atoms with Gasteiger partial charge in [-0.25, -0.2) is 0 Å². The number of likely N-dealkylation sites (tertiary alicyclic amines) is 1. The summed E-state index contributed by atoms with van der Waals surface area (Å²) >= 11 is 0. The summed E-state index contributed by atoms with van der Waals surface area (Å²) in [6.45, 7) is 4.87. The Hall–Kier alpha value is -1.55. The van der Waals surface area contributed by atoms with Crippen LogP contribution in [-0.4, -0.2) is 41.7 Å². The van der Waals surface area contributed by atoms with Gasteiger partial charge in [-0.15, -0.1) is 0 Å². The van der Waals surface area contributed by atoms with E-state index >= 15 is 0 Å². The fourth-order valence-electron chi connectivity index (χ4n) is 3.16. The summed E-state index contributed by atoms with van der Waals surface area (Å²) < 4.78 is 5.17. The molecule has 0 aromatic heterocycles. The van der Waals surface area contributed by atoms with Gasteiger partial charge in [0.15, 0.2) is 0 Å². The lowest BCUT2D eigenvalue weighted by atomic mass is 9.97. The molecule has 3 atom stereocenters. The highest BCUT2D eigenvalue weighted by Crippen LogP contribution is 2.34. The van der Waals surface area contributed by atoms with Crippen LogP contribution in [0.5, 0.6) is 5.75 Å². The van der Waals surface area contributed by atoms with E-state index in [2.05, 4.69) is 24.0 Å². The van der Waals surface area contributed by atoms with Crippen LogP contribution < -0.4 is 4.74 Å². The number of ether oxygens (including phenoxy) is 1. The molecule has 0 aliphatic carbocycles. The molecule has 0 radical (unpaired) electrons. The van der Waals surface area contributed by atoms with Crippen LogP contribution in [0.25, 0.3) is 0 Å². The zero-order valence-corrected chi connectivity index (χ0v) is 12.4. The summed E-state index contributed by atoms with van der Waals surface area (Å²) in [6.07, 6.45) is 1.66. The van der Waals surface area contributed by atoms with Gasteiger partial charge in [-0.05, 0) is 43.4 Å². The first kappa shape index (κ1) is 14.9. The molecule has 1 N–H and O–H groups in total. The second-order valence-corrected chi connectivity index (χ2v) is 5.51. The van der Waals surface area contributed by atoms with Crippen molar-refractivity contribution >= 4 is 5.97 Å². The Morgan fingerprint density at radius 1 is 1.45 bits per heavy atom. The molecule has 0 saturated carbocycles. The minimum Gasteiger partial charge on any atom is -0.497 e. The van der Waals surface area contributed by atoms with Crippen molar-refractivity contribution < 1.29 is 14.6 Å². The van der Waals surface area contributed by atoms with Crippen molar-refractivity contribution in [2.24, 2.45) is 0 Å². The summed E-state index contributed by atoms with van der Waals surface area (Å²) in [4.78, 5) is 13.5. The Kier molecular flexibility index (Phi) is 4.65. The van der Waals surface area contributed by atoms with Gasteiger partial charge >= 0.3 is 5.97 Å². The number of aliphatic carboxylic acids is 1. The highest BCUT2D eigenvalue weighted by atomic mass is 16.5. The number of methoxy groups -OCH3 is 1. The highest BCUT2D eigenvalue weighted by Gasteiger charge is 2.36. The first-order valence-electron chi connectivity index (χ1n) is 7.19. The van der Waals surface area contributed by atoms with Gasteiger partial charge in [0.2, 0.25) is 0 Å². The van der Waals surface area contributed by atoms with E-state index < -0.39 is 5.97 Å².